The lowest BCUT2D eigenvalue weighted by Crippen LogP contribution is -2.30. The van der Waals surface area contributed by atoms with E-state index in [1.807, 2.05) is 6.07 Å². The SMILES string of the molecule is COCCC1(CNS(=O)(=O)c2ccc(C#N)cc2)CC1. The maximum absolute atomic E-state index is 12.2. The molecular formula is C14H18N2O3S. The number of nitrogens with zero attached hydrogens (tertiary/aromatic N) is 1. The predicted molar refractivity (Wildman–Crippen MR) is 74.5 cm³/mol. The highest BCUT2D eigenvalue weighted by Gasteiger charge is 2.42. The Hall–Kier alpha value is -1.42. The third-order valence-corrected chi connectivity index (χ3v) is 5.14. The molecule has 0 spiro atoms. The Kier molecular flexibility index (Phi) is 4.43. The largest absolute Gasteiger partial charge is 0.385 e. The molecule has 0 unspecified atom stereocenters. The summed E-state index contributed by atoms with van der Waals surface area (Å²) in [5.74, 6) is 0. The molecule has 1 N–H and O–H groups in total. The summed E-state index contributed by atoms with van der Waals surface area (Å²) >= 11 is 0. The summed E-state index contributed by atoms with van der Waals surface area (Å²) in [6.07, 6.45) is 2.94. The van der Waals surface area contributed by atoms with E-state index in [0.29, 0.717) is 18.7 Å². The van der Waals surface area contributed by atoms with Crippen molar-refractivity contribution in [1.29, 1.82) is 5.26 Å². The molecule has 0 radical (unpaired) electrons. The van der Waals surface area contributed by atoms with Gasteiger partial charge >= 0.3 is 0 Å². The zero-order valence-corrected chi connectivity index (χ0v) is 12.2. The van der Waals surface area contributed by atoms with Crippen LogP contribution in [0, 0.1) is 16.7 Å². The van der Waals surface area contributed by atoms with Gasteiger partial charge in [0.15, 0.2) is 0 Å². The molecule has 1 saturated carbocycles. The summed E-state index contributed by atoms with van der Waals surface area (Å²) in [5, 5.41) is 8.71. The first kappa shape index (κ1) is 15.0. The number of nitrogens with one attached hydrogen (secondary N) is 1. The predicted octanol–water partition coefficient (Wildman–Crippen LogP) is 1.65. The molecule has 2 rings (SSSR count). The van der Waals surface area contributed by atoms with Crippen molar-refractivity contribution in [3.8, 4) is 6.07 Å². The quantitative estimate of drug-likeness (QED) is 0.829. The molecule has 1 aromatic carbocycles. The number of benzene rings is 1. The standard InChI is InChI=1S/C14H18N2O3S/c1-19-9-8-14(6-7-14)11-16-20(17,18)13-4-2-12(10-15)3-5-13/h2-5,16H,6-9,11H2,1H3. The minimum atomic E-state index is -3.50. The molecule has 0 aliphatic heterocycles. The van der Waals surface area contributed by atoms with E-state index < -0.39 is 10.0 Å². The van der Waals surface area contributed by atoms with Gasteiger partial charge in [0.25, 0.3) is 0 Å². The van der Waals surface area contributed by atoms with Crippen LogP contribution in [0.15, 0.2) is 29.2 Å². The van der Waals surface area contributed by atoms with Gasteiger partial charge in [-0.2, -0.15) is 5.26 Å². The van der Waals surface area contributed by atoms with E-state index in [1.54, 1.807) is 7.11 Å². The van der Waals surface area contributed by atoms with Crippen LogP contribution in [0.25, 0.3) is 0 Å². The summed E-state index contributed by atoms with van der Waals surface area (Å²) < 4.78 is 32.0. The molecule has 5 nitrogen and oxygen atoms in total. The van der Waals surface area contributed by atoms with Gasteiger partial charge in [-0.05, 0) is 48.9 Å². The summed E-state index contributed by atoms with van der Waals surface area (Å²) in [6.45, 7) is 1.09. The molecule has 0 bridgehead atoms. The van der Waals surface area contributed by atoms with Gasteiger partial charge in [0.05, 0.1) is 16.5 Å². The van der Waals surface area contributed by atoms with Crippen LogP contribution in [0.4, 0.5) is 0 Å². The van der Waals surface area contributed by atoms with Gasteiger partial charge in [-0.1, -0.05) is 0 Å². The highest BCUT2D eigenvalue weighted by molar-refractivity contribution is 7.89. The molecule has 0 atom stereocenters. The molecule has 1 aromatic rings. The van der Waals surface area contributed by atoms with Crippen molar-refractivity contribution in [2.24, 2.45) is 5.41 Å². The van der Waals surface area contributed by atoms with Crippen molar-refractivity contribution in [3.05, 3.63) is 29.8 Å². The van der Waals surface area contributed by atoms with Crippen LogP contribution in [-0.4, -0.2) is 28.7 Å². The Balaban J connectivity index is 1.99. The van der Waals surface area contributed by atoms with Crippen molar-refractivity contribution in [1.82, 2.24) is 4.72 Å². The molecule has 0 saturated heterocycles. The van der Waals surface area contributed by atoms with E-state index in [9.17, 15) is 8.42 Å². The zero-order chi connectivity index (χ0) is 14.6. The van der Waals surface area contributed by atoms with Crippen molar-refractivity contribution in [2.75, 3.05) is 20.3 Å². The highest BCUT2D eigenvalue weighted by atomic mass is 32.2. The van der Waals surface area contributed by atoms with Gasteiger partial charge in [-0.15, -0.1) is 0 Å². The average Bonchev–Trinajstić information content (AvgIpc) is 3.24. The molecular weight excluding hydrogens is 276 g/mol. The van der Waals surface area contributed by atoms with E-state index in [2.05, 4.69) is 4.72 Å². The molecule has 1 aliphatic carbocycles. The van der Waals surface area contributed by atoms with E-state index in [1.165, 1.54) is 24.3 Å². The summed E-state index contributed by atoms with van der Waals surface area (Å²) in [4.78, 5) is 0.194. The highest BCUT2D eigenvalue weighted by Crippen LogP contribution is 2.48. The number of rotatable bonds is 7. The normalized spacial score (nSPS) is 16.6. The van der Waals surface area contributed by atoms with Crippen LogP contribution in [-0.2, 0) is 14.8 Å². The Morgan fingerprint density at radius 2 is 2.00 bits per heavy atom. The first-order chi connectivity index (χ1) is 9.51. The Labute approximate surface area is 119 Å². The number of nitriles is 1. The minimum Gasteiger partial charge on any atom is -0.385 e. The lowest BCUT2D eigenvalue weighted by molar-refractivity contribution is 0.173. The molecule has 20 heavy (non-hydrogen) atoms. The maximum Gasteiger partial charge on any atom is 0.240 e. The molecule has 0 amide bonds. The summed E-state index contributed by atoms with van der Waals surface area (Å²) in [6, 6.07) is 7.89. The Morgan fingerprint density at radius 3 is 2.50 bits per heavy atom. The van der Waals surface area contributed by atoms with Crippen LogP contribution in [0.1, 0.15) is 24.8 Å². The third kappa shape index (κ3) is 3.57. The molecule has 108 valence electrons. The summed E-state index contributed by atoms with van der Waals surface area (Å²) in [5.41, 5.74) is 0.512. The third-order valence-electron chi connectivity index (χ3n) is 3.72. The van der Waals surface area contributed by atoms with Crippen molar-refractivity contribution in [2.45, 2.75) is 24.2 Å². The number of ether oxygens (including phenoxy) is 1. The van der Waals surface area contributed by atoms with Crippen LogP contribution < -0.4 is 4.72 Å². The molecule has 0 aromatic heterocycles. The van der Waals surface area contributed by atoms with Crippen molar-refractivity contribution in [3.63, 3.8) is 0 Å². The van der Waals surface area contributed by atoms with E-state index in [0.717, 1.165) is 19.3 Å². The molecule has 0 heterocycles. The second-order valence-corrected chi connectivity index (χ2v) is 6.97. The smallest absolute Gasteiger partial charge is 0.240 e. The number of sulfonamides is 1. The molecule has 6 heteroatoms. The lowest BCUT2D eigenvalue weighted by Gasteiger charge is -2.15. The van der Waals surface area contributed by atoms with Gasteiger partial charge in [0.1, 0.15) is 0 Å². The van der Waals surface area contributed by atoms with Gasteiger partial charge in [-0.25, -0.2) is 13.1 Å². The second-order valence-electron chi connectivity index (χ2n) is 5.20. The van der Waals surface area contributed by atoms with Gasteiger partial charge in [-0.3, -0.25) is 0 Å². The van der Waals surface area contributed by atoms with Crippen LogP contribution in [0.2, 0.25) is 0 Å². The number of hydrogen-bond acceptors (Lipinski definition) is 4. The van der Waals surface area contributed by atoms with Crippen LogP contribution in [0.5, 0.6) is 0 Å². The zero-order valence-electron chi connectivity index (χ0n) is 11.4. The van der Waals surface area contributed by atoms with E-state index in [-0.39, 0.29) is 10.3 Å². The van der Waals surface area contributed by atoms with E-state index >= 15 is 0 Å². The van der Waals surface area contributed by atoms with Crippen LogP contribution >= 0.6 is 0 Å². The second kappa shape index (κ2) is 5.92. The van der Waals surface area contributed by atoms with E-state index in [4.69, 9.17) is 10.00 Å². The van der Waals surface area contributed by atoms with Crippen LogP contribution in [0.3, 0.4) is 0 Å². The summed E-state index contributed by atoms with van der Waals surface area (Å²) in [7, 11) is -1.85. The van der Waals surface area contributed by atoms with Gasteiger partial charge < -0.3 is 4.74 Å². The average molecular weight is 294 g/mol. The molecule has 1 aliphatic rings. The maximum atomic E-state index is 12.2. The van der Waals surface area contributed by atoms with Crippen molar-refractivity contribution >= 4 is 10.0 Å². The Bertz CT molecular complexity index is 598. The Morgan fingerprint density at radius 1 is 1.35 bits per heavy atom. The first-order valence-corrected chi connectivity index (χ1v) is 7.98. The van der Waals surface area contributed by atoms with Crippen molar-refractivity contribution < 1.29 is 13.2 Å². The molecule has 1 fully saturated rings. The number of methoxy groups -OCH3 is 1. The number of hydrogen-bond donors (Lipinski definition) is 1. The fourth-order valence-corrected chi connectivity index (χ4v) is 3.21. The fourth-order valence-electron chi connectivity index (χ4n) is 2.05. The lowest BCUT2D eigenvalue weighted by atomic mass is 10.0. The monoisotopic (exact) mass is 294 g/mol. The topological polar surface area (TPSA) is 79.2 Å². The van der Waals surface area contributed by atoms with Gasteiger partial charge in [0, 0.05) is 20.3 Å². The first-order valence-electron chi connectivity index (χ1n) is 6.50. The minimum absolute atomic E-state index is 0.0652. The van der Waals surface area contributed by atoms with Gasteiger partial charge in [0.2, 0.25) is 10.0 Å². The fraction of sp³-hybridized carbons (Fsp3) is 0.500.